The minimum absolute atomic E-state index is 0.0548. The molecular formula is C14H24O3S. The number of hydrogen-bond acceptors (Lipinski definition) is 4. The fourth-order valence-corrected chi connectivity index (χ4v) is 5.02. The molecule has 0 aromatic heterocycles. The molecule has 0 aliphatic carbocycles. The van der Waals surface area contributed by atoms with Crippen LogP contribution in [0.4, 0.5) is 0 Å². The Kier molecular flexibility index (Phi) is 3.90. The summed E-state index contributed by atoms with van der Waals surface area (Å²) in [5.74, 6) is 3.18. The van der Waals surface area contributed by atoms with E-state index in [4.69, 9.17) is 9.47 Å². The first-order valence-electron chi connectivity index (χ1n) is 7.22. The molecule has 1 spiro atoms. The van der Waals surface area contributed by atoms with Crippen LogP contribution in [0.5, 0.6) is 0 Å². The highest BCUT2D eigenvalue weighted by Gasteiger charge is 2.45. The largest absolute Gasteiger partial charge is 0.390 e. The Morgan fingerprint density at radius 2 is 2.22 bits per heavy atom. The topological polar surface area (TPSA) is 38.7 Å². The maximum atomic E-state index is 10.6. The van der Waals surface area contributed by atoms with Crippen molar-refractivity contribution in [3.8, 4) is 0 Å². The molecule has 3 heterocycles. The van der Waals surface area contributed by atoms with Crippen molar-refractivity contribution >= 4 is 11.8 Å². The lowest BCUT2D eigenvalue weighted by molar-refractivity contribution is -0.125. The summed E-state index contributed by atoms with van der Waals surface area (Å²) in [4.78, 5) is 0. The third-order valence-corrected chi connectivity index (χ3v) is 6.09. The van der Waals surface area contributed by atoms with Gasteiger partial charge >= 0.3 is 0 Å². The molecule has 3 saturated heterocycles. The standard InChI is InChI=1S/C14H24O3S/c1-10-2-5-16-13(10)12(15)11-3-6-17-14(8-11)4-7-18-9-14/h10-13,15H,2-9H2,1H3. The molecule has 1 N–H and O–H groups in total. The van der Waals surface area contributed by atoms with Crippen LogP contribution < -0.4 is 0 Å². The van der Waals surface area contributed by atoms with E-state index in [9.17, 15) is 5.11 Å². The Bertz CT molecular complexity index is 291. The molecule has 104 valence electrons. The highest BCUT2D eigenvalue weighted by molar-refractivity contribution is 7.99. The third-order valence-electron chi connectivity index (χ3n) is 4.86. The van der Waals surface area contributed by atoms with Crippen molar-refractivity contribution < 1.29 is 14.6 Å². The number of ether oxygens (including phenoxy) is 2. The van der Waals surface area contributed by atoms with Crippen molar-refractivity contribution in [2.45, 2.75) is 50.4 Å². The van der Waals surface area contributed by atoms with Gasteiger partial charge in [-0.05, 0) is 43.3 Å². The Balaban J connectivity index is 1.64. The monoisotopic (exact) mass is 272 g/mol. The quantitative estimate of drug-likeness (QED) is 0.835. The van der Waals surface area contributed by atoms with Gasteiger partial charge in [0.1, 0.15) is 0 Å². The number of aliphatic hydroxyl groups is 1. The van der Waals surface area contributed by atoms with E-state index >= 15 is 0 Å². The van der Waals surface area contributed by atoms with Gasteiger partial charge in [-0.15, -0.1) is 0 Å². The molecule has 5 unspecified atom stereocenters. The van der Waals surface area contributed by atoms with Crippen LogP contribution in [0.1, 0.15) is 32.6 Å². The van der Waals surface area contributed by atoms with Crippen LogP contribution in [0.3, 0.4) is 0 Å². The number of aliphatic hydroxyl groups excluding tert-OH is 1. The molecule has 3 nitrogen and oxygen atoms in total. The van der Waals surface area contributed by atoms with E-state index in [0.717, 1.165) is 44.6 Å². The zero-order chi connectivity index (χ0) is 12.6. The average Bonchev–Trinajstić information content (AvgIpc) is 2.98. The molecule has 18 heavy (non-hydrogen) atoms. The lowest BCUT2D eigenvalue weighted by Crippen LogP contribution is -2.46. The lowest BCUT2D eigenvalue weighted by atomic mass is 9.79. The van der Waals surface area contributed by atoms with E-state index in [1.54, 1.807) is 0 Å². The molecular weight excluding hydrogens is 248 g/mol. The van der Waals surface area contributed by atoms with Crippen molar-refractivity contribution in [1.29, 1.82) is 0 Å². The molecule has 4 heteroatoms. The zero-order valence-corrected chi connectivity index (χ0v) is 12.0. The highest BCUT2D eigenvalue weighted by atomic mass is 32.2. The smallest absolute Gasteiger partial charge is 0.0862 e. The van der Waals surface area contributed by atoms with Gasteiger partial charge in [-0.2, -0.15) is 11.8 Å². The molecule has 0 radical (unpaired) electrons. The van der Waals surface area contributed by atoms with Crippen molar-refractivity contribution in [3.63, 3.8) is 0 Å². The van der Waals surface area contributed by atoms with Gasteiger partial charge < -0.3 is 14.6 Å². The van der Waals surface area contributed by atoms with Crippen LogP contribution in [-0.4, -0.2) is 47.6 Å². The second kappa shape index (κ2) is 5.31. The van der Waals surface area contributed by atoms with Gasteiger partial charge in [-0.3, -0.25) is 0 Å². The van der Waals surface area contributed by atoms with Crippen molar-refractivity contribution in [1.82, 2.24) is 0 Å². The van der Waals surface area contributed by atoms with Gasteiger partial charge in [-0.25, -0.2) is 0 Å². The fraction of sp³-hybridized carbons (Fsp3) is 1.00. The number of thioether (sulfide) groups is 1. The average molecular weight is 272 g/mol. The summed E-state index contributed by atoms with van der Waals surface area (Å²) in [6.45, 7) is 3.82. The first-order chi connectivity index (χ1) is 8.70. The molecule has 3 aliphatic heterocycles. The second-order valence-electron chi connectivity index (χ2n) is 6.18. The zero-order valence-electron chi connectivity index (χ0n) is 11.1. The molecule has 3 fully saturated rings. The summed E-state index contributed by atoms with van der Waals surface area (Å²) in [6.07, 6.45) is 4.01. The number of hydrogen-bond donors (Lipinski definition) is 1. The second-order valence-corrected chi connectivity index (χ2v) is 7.28. The first kappa shape index (κ1) is 13.2. The summed E-state index contributed by atoms with van der Waals surface area (Å²) in [5, 5.41) is 10.6. The normalized spacial score (nSPS) is 46.7. The van der Waals surface area contributed by atoms with Gasteiger partial charge in [0.25, 0.3) is 0 Å². The van der Waals surface area contributed by atoms with Gasteiger partial charge in [-0.1, -0.05) is 6.92 Å². The van der Waals surface area contributed by atoms with E-state index in [2.05, 4.69) is 6.92 Å². The third kappa shape index (κ3) is 2.45. The van der Waals surface area contributed by atoms with Crippen LogP contribution >= 0.6 is 11.8 Å². The van der Waals surface area contributed by atoms with Gasteiger partial charge in [0.15, 0.2) is 0 Å². The molecule has 3 rings (SSSR count). The van der Waals surface area contributed by atoms with E-state index in [0.29, 0.717) is 11.8 Å². The minimum atomic E-state index is -0.297. The molecule has 0 aromatic rings. The maximum Gasteiger partial charge on any atom is 0.0862 e. The van der Waals surface area contributed by atoms with Gasteiger partial charge in [0.2, 0.25) is 0 Å². The summed E-state index contributed by atoms with van der Waals surface area (Å²) in [7, 11) is 0. The SMILES string of the molecule is CC1CCOC1C(O)C1CCOC2(CCSC2)C1. The number of rotatable bonds is 2. The summed E-state index contributed by atoms with van der Waals surface area (Å²) in [5.41, 5.74) is 0.0659. The Morgan fingerprint density at radius 3 is 2.89 bits per heavy atom. The Labute approximate surface area is 114 Å². The van der Waals surface area contributed by atoms with Crippen molar-refractivity contribution in [3.05, 3.63) is 0 Å². The predicted molar refractivity (Wildman–Crippen MR) is 72.9 cm³/mol. The van der Waals surface area contributed by atoms with Gasteiger partial charge in [0.05, 0.1) is 17.8 Å². The molecule has 0 amide bonds. The summed E-state index contributed by atoms with van der Waals surface area (Å²) < 4.78 is 11.8. The molecule has 0 saturated carbocycles. The van der Waals surface area contributed by atoms with Crippen LogP contribution in [0.15, 0.2) is 0 Å². The van der Waals surface area contributed by atoms with Crippen molar-refractivity contribution in [2.75, 3.05) is 24.7 Å². The molecule has 3 aliphatic rings. The predicted octanol–water partition coefficient (Wildman–Crippen LogP) is 2.07. The maximum absolute atomic E-state index is 10.6. The molecule has 0 aromatic carbocycles. The highest BCUT2D eigenvalue weighted by Crippen LogP contribution is 2.42. The lowest BCUT2D eigenvalue weighted by Gasteiger charge is -2.41. The van der Waals surface area contributed by atoms with Crippen molar-refractivity contribution in [2.24, 2.45) is 11.8 Å². The van der Waals surface area contributed by atoms with E-state index < -0.39 is 0 Å². The first-order valence-corrected chi connectivity index (χ1v) is 8.37. The van der Waals surface area contributed by atoms with E-state index in [1.165, 1.54) is 5.75 Å². The Morgan fingerprint density at radius 1 is 1.33 bits per heavy atom. The summed E-state index contributed by atoms with van der Waals surface area (Å²) in [6, 6.07) is 0. The van der Waals surface area contributed by atoms with E-state index in [-0.39, 0.29) is 17.8 Å². The van der Waals surface area contributed by atoms with Crippen LogP contribution in [0.25, 0.3) is 0 Å². The van der Waals surface area contributed by atoms with Crippen LogP contribution in [-0.2, 0) is 9.47 Å². The minimum Gasteiger partial charge on any atom is -0.390 e. The fourth-order valence-electron chi connectivity index (χ4n) is 3.64. The molecule has 0 bridgehead atoms. The van der Waals surface area contributed by atoms with Crippen LogP contribution in [0, 0.1) is 11.8 Å². The Hall–Kier alpha value is 0.230. The molecule has 5 atom stereocenters. The van der Waals surface area contributed by atoms with Crippen LogP contribution in [0.2, 0.25) is 0 Å². The summed E-state index contributed by atoms with van der Waals surface area (Å²) >= 11 is 1.99. The van der Waals surface area contributed by atoms with E-state index in [1.807, 2.05) is 11.8 Å². The van der Waals surface area contributed by atoms with Gasteiger partial charge in [0, 0.05) is 19.0 Å².